The van der Waals surface area contributed by atoms with Gasteiger partial charge >= 0.3 is 5.97 Å². The van der Waals surface area contributed by atoms with Crippen molar-refractivity contribution in [3.8, 4) is 5.75 Å². The van der Waals surface area contributed by atoms with Gasteiger partial charge < -0.3 is 30.2 Å². The highest BCUT2D eigenvalue weighted by molar-refractivity contribution is 6.37. The number of nitrogens with two attached hydrogens (primary N) is 2. The predicted octanol–water partition coefficient (Wildman–Crippen LogP) is -0.0318. The third-order valence-corrected chi connectivity index (χ3v) is 4.34. The summed E-state index contributed by atoms with van der Waals surface area (Å²) < 4.78 is 16.2. The Labute approximate surface area is 159 Å². The number of aliphatic hydroxyl groups is 2. The molecule has 9 nitrogen and oxygen atoms in total. The maximum Gasteiger partial charge on any atom is 0.323 e. The molecule has 6 N–H and O–H groups in total. The van der Waals surface area contributed by atoms with E-state index in [-0.39, 0.29) is 15.8 Å². The van der Waals surface area contributed by atoms with E-state index in [0.29, 0.717) is 0 Å². The van der Waals surface area contributed by atoms with Crippen LogP contribution >= 0.6 is 23.2 Å². The molecule has 146 valence electrons. The Morgan fingerprint density at radius 1 is 1.31 bits per heavy atom. The molecule has 0 amide bonds. The van der Waals surface area contributed by atoms with E-state index in [1.54, 1.807) is 6.07 Å². The second-order valence-corrected chi connectivity index (χ2v) is 6.49. The first-order valence-corrected chi connectivity index (χ1v) is 8.42. The Hall–Kier alpha value is -1.17. The fourth-order valence-electron chi connectivity index (χ4n) is 2.44. The van der Waals surface area contributed by atoms with Gasteiger partial charge in [-0.05, 0) is 19.1 Å². The number of hydrogen-bond acceptors (Lipinski definition) is 9. The Balaban J connectivity index is 2.38. The van der Waals surface area contributed by atoms with Gasteiger partial charge in [0, 0.05) is 0 Å². The largest absolute Gasteiger partial charge is 0.480 e. The zero-order chi connectivity index (χ0) is 19.4. The smallest absolute Gasteiger partial charge is 0.323 e. The molecule has 11 heteroatoms. The van der Waals surface area contributed by atoms with E-state index in [1.165, 1.54) is 19.1 Å². The molecule has 1 heterocycles. The normalized spacial score (nSPS) is 29.9. The molecule has 2 rings (SSSR count). The maximum atomic E-state index is 11.9. The average molecular weight is 411 g/mol. The molecule has 0 aromatic heterocycles. The van der Waals surface area contributed by atoms with Crippen molar-refractivity contribution in [3.05, 3.63) is 28.2 Å². The van der Waals surface area contributed by atoms with Crippen molar-refractivity contribution in [2.24, 2.45) is 11.6 Å². The minimum absolute atomic E-state index is 0.0653. The molecule has 0 spiro atoms. The lowest BCUT2D eigenvalue weighted by molar-refractivity contribution is -0.294. The summed E-state index contributed by atoms with van der Waals surface area (Å²) in [7, 11) is 0. The molecule has 0 aliphatic carbocycles. The van der Waals surface area contributed by atoms with Crippen molar-refractivity contribution in [2.45, 2.75) is 43.7 Å². The first kappa shape index (κ1) is 21.1. The van der Waals surface area contributed by atoms with Gasteiger partial charge in [0.15, 0.2) is 24.2 Å². The first-order valence-electron chi connectivity index (χ1n) is 7.66. The second-order valence-electron chi connectivity index (χ2n) is 5.67. The van der Waals surface area contributed by atoms with Crippen LogP contribution in [0.3, 0.4) is 0 Å². The highest BCUT2D eigenvalue weighted by Gasteiger charge is 2.50. The predicted molar refractivity (Wildman–Crippen MR) is 91.4 cm³/mol. The molecule has 0 bridgehead atoms. The van der Waals surface area contributed by atoms with Crippen molar-refractivity contribution in [1.82, 2.24) is 0 Å². The van der Waals surface area contributed by atoms with E-state index in [4.69, 9.17) is 53.9 Å². The topological polar surface area (TPSA) is 146 Å². The lowest BCUT2D eigenvalue weighted by atomic mass is 9.98. The quantitative estimate of drug-likeness (QED) is 0.374. The first-order chi connectivity index (χ1) is 12.3. The van der Waals surface area contributed by atoms with Gasteiger partial charge in [-0.25, -0.2) is 5.90 Å². The zero-order valence-electron chi connectivity index (χ0n) is 13.7. The van der Waals surface area contributed by atoms with E-state index in [9.17, 15) is 15.0 Å². The van der Waals surface area contributed by atoms with Crippen LogP contribution in [0.25, 0.3) is 0 Å². The molecular weight excluding hydrogens is 391 g/mol. The minimum Gasteiger partial charge on any atom is -0.480 e. The molecule has 1 saturated heterocycles. The summed E-state index contributed by atoms with van der Waals surface area (Å²) in [4.78, 5) is 16.7. The molecular formula is C15H20Cl2N2O7. The molecule has 0 saturated carbocycles. The lowest BCUT2D eigenvalue weighted by Gasteiger charge is -2.42. The number of carbonyl (C=O) groups excluding carboxylic acids is 1. The minimum atomic E-state index is -1.63. The molecule has 0 unspecified atom stereocenters. The summed E-state index contributed by atoms with van der Waals surface area (Å²) in [6.07, 6.45) is -6.35. The number of ether oxygens (including phenoxy) is 3. The molecule has 6 atom stereocenters. The van der Waals surface area contributed by atoms with Crippen LogP contribution in [0.2, 0.25) is 10.0 Å². The summed E-state index contributed by atoms with van der Waals surface area (Å²) in [5.41, 5.74) is 5.49. The Bertz CT molecular complexity index is 614. The molecule has 1 aliphatic rings. The van der Waals surface area contributed by atoms with Gasteiger partial charge in [-0.2, -0.15) is 0 Å². The van der Waals surface area contributed by atoms with Gasteiger partial charge in [-0.15, -0.1) is 0 Å². The van der Waals surface area contributed by atoms with E-state index < -0.39 is 49.3 Å². The van der Waals surface area contributed by atoms with Gasteiger partial charge in [0.05, 0.1) is 16.7 Å². The van der Waals surface area contributed by atoms with E-state index in [1.807, 2.05) is 0 Å². The highest BCUT2D eigenvalue weighted by atomic mass is 35.5. The summed E-state index contributed by atoms with van der Waals surface area (Å²) in [5, 5.41) is 20.0. The van der Waals surface area contributed by atoms with E-state index in [0.717, 1.165) is 0 Å². The number of aliphatic hydroxyl groups excluding tert-OH is 2. The van der Waals surface area contributed by atoms with Gasteiger partial charge in [0.1, 0.15) is 18.2 Å². The van der Waals surface area contributed by atoms with Crippen LogP contribution in [0.4, 0.5) is 0 Å². The maximum absolute atomic E-state index is 11.9. The van der Waals surface area contributed by atoms with Gasteiger partial charge in [0.2, 0.25) is 0 Å². The lowest BCUT2D eigenvalue weighted by Crippen LogP contribution is -2.63. The fraction of sp³-hybridized carbons (Fsp3) is 0.533. The Morgan fingerprint density at radius 3 is 2.42 bits per heavy atom. The van der Waals surface area contributed by atoms with Crippen molar-refractivity contribution in [3.63, 3.8) is 0 Å². The van der Waals surface area contributed by atoms with Gasteiger partial charge in [-0.1, -0.05) is 29.3 Å². The van der Waals surface area contributed by atoms with Crippen molar-refractivity contribution in [2.75, 3.05) is 6.61 Å². The molecule has 1 fully saturated rings. The van der Waals surface area contributed by atoms with Crippen LogP contribution in [0, 0.1) is 0 Å². The van der Waals surface area contributed by atoms with Crippen molar-refractivity contribution < 1.29 is 34.1 Å². The number of carbonyl (C=O) groups is 1. The molecule has 0 radical (unpaired) electrons. The van der Waals surface area contributed by atoms with Gasteiger partial charge in [-0.3, -0.25) is 9.63 Å². The third kappa shape index (κ3) is 4.56. The number of rotatable bonds is 6. The van der Waals surface area contributed by atoms with Crippen LogP contribution in [0.15, 0.2) is 18.2 Å². The van der Waals surface area contributed by atoms with Crippen LogP contribution in [0.1, 0.15) is 6.92 Å². The molecule has 1 aliphatic heterocycles. The van der Waals surface area contributed by atoms with Gasteiger partial charge in [0.25, 0.3) is 0 Å². The van der Waals surface area contributed by atoms with Crippen molar-refractivity contribution >= 4 is 29.2 Å². The average Bonchev–Trinajstić information content (AvgIpc) is 2.60. The Kier molecular flexibility index (Phi) is 7.44. The van der Waals surface area contributed by atoms with Crippen molar-refractivity contribution in [1.29, 1.82) is 0 Å². The molecule has 1 aromatic rings. The summed E-state index contributed by atoms with van der Waals surface area (Å²) >= 11 is 12.2. The molecule has 26 heavy (non-hydrogen) atoms. The third-order valence-electron chi connectivity index (χ3n) is 3.74. The van der Waals surface area contributed by atoms with Crippen LogP contribution in [-0.2, 0) is 19.1 Å². The second kappa shape index (κ2) is 9.16. The number of hydrogen-bond donors (Lipinski definition) is 4. The number of benzene rings is 1. The molecule has 1 aromatic carbocycles. The monoisotopic (exact) mass is 410 g/mol. The van der Waals surface area contributed by atoms with E-state index in [2.05, 4.69) is 0 Å². The van der Waals surface area contributed by atoms with Crippen LogP contribution < -0.4 is 16.4 Å². The summed E-state index contributed by atoms with van der Waals surface area (Å²) in [5.74, 6) is 4.56. The fourth-order valence-corrected chi connectivity index (χ4v) is 2.93. The van der Waals surface area contributed by atoms with Crippen LogP contribution in [-0.4, -0.2) is 59.5 Å². The summed E-state index contributed by atoms with van der Waals surface area (Å²) in [6, 6.07) is 3.71. The van der Waals surface area contributed by atoms with Crippen LogP contribution in [0.5, 0.6) is 5.75 Å². The Morgan fingerprint density at radius 2 is 1.92 bits per heavy atom. The zero-order valence-corrected chi connectivity index (χ0v) is 15.3. The standard InChI is InChI=1S/C15H20Cl2N2O7/c1-6(18)14(21)25-13-12(11(26-19)9(5-20)23-15(13)22)24-10-7(16)3-2-4-8(10)17/h2-4,6,9,11-13,15,20,22H,5,18-19H2,1H3/t6-,9+,11-,12-,13+,15+/m0/s1. The number of halogens is 2. The van der Waals surface area contributed by atoms with E-state index >= 15 is 0 Å². The summed E-state index contributed by atoms with van der Waals surface area (Å²) in [6.45, 7) is 0.871. The number of esters is 1. The SMILES string of the molecule is C[C@H](N)C(=O)O[C@@H]1[C@@H](Oc2c(Cl)cccc2Cl)[C@@H](ON)[C@@H](CO)O[C@H]1O. The number of para-hydroxylation sites is 1. The highest BCUT2D eigenvalue weighted by Crippen LogP contribution is 2.36.